The summed E-state index contributed by atoms with van der Waals surface area (Å²) in [5.41, 5.74) is 0.0991. The lowest BCUT2D eigenvalue weighted by Crippen LogP contribution is -2.42. The molecule has 2 fully saturated rings. The van der Waals surface area contributed by atoms with Crippen molar-refractivity contribution in [1.29, 1.82) is 0 Å². The van der Waals surface area contributed by atoms with Crippen molar-refractivity contribution in [3.63, 3.8) is 0 Å². The lowest BCUT2D eigenvalue weighted by Gasteiger charge is -2.39. The molecule has 0 amide bonds. The highest BCUT2D eigenvalue weighted by Gasteiger charge is 2.43. The third kappa shape index (κ3) is 3.01. The third-order valence-electron chi connectivity index (χ3n) is 4.25. The summed E-state index contributed by atoms with van der Waals surface area (Å²) < 4.78 is 0. The Kier molecular flexibility index (Phi) is 3.23. The van der Waals surface area contributed by atoms with Gasteiger partial charge in [-0.3, -0.25) is 0 Å². The minimum absolute atomic E-state index is 0.118. The normalized spacial score (nSPS) is 25.6. The van der Waals surface area contributed by atoms with Crippen LogP contribution in [0.5, 0.6) is 0 Å². The molecule has 3 heteroatoms. The molecule has 1 saturated carbocycles. The molecule has 2 aliphatic rings. The van der Waals surface area contributed by atoms with E-state index in [1.54, 1.807) is 0 Å². The lowest BCUT2D eigenvalue weighted by molar-refractivity contribution is -0.209. The zero-order chi connectivity index (χ0) is 12.7. The maximum atomic E-state index is 11.8. The van der Waals surface area contributed by atoms with E-state index >= 15 is 0 Å². The Hall–Kier alpha value is -0.570. The summed E-state index contributed by atoms with van der Waals surface area (Å²) in [6.07, 6.45) is 5.13. The molecular weight excluding hydrogens is 214 g/mol. The van der Waals surface area contributed by atoms with Gasteiger partial charge in [0, 0.05) is 13.1 Å². The van der Waals surface area contributed by atoms with Gasteiger partial charge in [0.1, 0.15) is 0 Å². The van der Waals surface area contributed by atoms with Gasteiger partial charge in [-0.1, -0.05) is 6.92 Å². The average Bonchev–Trinajstić information content (AvgIpc) is 3.04. The van der Waals surface area contributed by atoms with Gasteiger partial charge in [0.05, 0.1) is 5.41 Å². The fourth-order valence-electron chi connectivity index (χ4n) is 2.53. The summed E-state index contributed by atoms with van der Waals surface area (Å²) in [4.78, 5) is 17.2. The van der Waals surface area contributed by atoms with Crippen molar-refractivity contribution in [3.8, 4) is 0 Å². The molecule has 0 spiro atoms. The molecule has 1 saturated heterocycles. The minimum atomic E-state index is -0.406. The van der Waals surface area contributed by atoms with Crippen LogP contribution in [-0.2, 0) is 9.63 Å². The number of carbonyl (C=O) groups is 1. The number of hydrogen-bond donors (Lipinski definition) is 0. The number of piperidine rings is 1. The van der Waals surface area contributed by atoms with E-state index in [-0.39, 0.29) is 5.97 Å². The van der Waals surface area contributed by atoms with Crippen molar-refractivity contribution in [2.75, 3.05) is 13.1 Å². The van der Waals surface area contributed by atoms with Crippen molar-refractivity contribution in [2.24, 2.45) is 16.7 Å². The van der Waals surface area contributed by atoms with E-state index in [9.17, 15) is 4.79 Å². The molecule has 0 bridgehead atoms. The van der Waals surface area contributed by atoms with Crippen LogP contribution in [-0.4, -0.2) is 24.1 Å². The first-order valence-corrected chi connectivity index (χ1v) is 6.79. The van der Waals surface area contributed by atoms with Crippen molar-refractivity contribution >= 4 is 5.97 Å². The Morgan fingerprint density at radius 2 is 1.76 bits per heavy atom. The van der Waals surface area contributed by atoms with E-state index in [1.807, 2.05) is 25.8 Å². The molecule has 0 aromatic carbocycles. The van der Waals surface area contributed by atoms with Gasteiger partial charge in [0.15, 0.2) is 0 Å². The standard InChI is InChI=1S/C14H25NO2/c1-13(2,3)12(16)17-15-9-7-14(4,8-10-15)11-5-6-11/h11H,5-10H2,1-4H3. The smallest absolute Gasteiger partial charge is 0.330 e. The number of hydrogen-bond acceptors (Lipinski definition) is 3. The van der Waals surface area contributed by atoms with Gasteiger partial charge in [0.2, 0.25) is 0 Å². The molecule has 17 heavy (non-hydrogen) atoms. The zero-order valence-electron chi connectivity index (χ0n) is 11.6. The summed E-state index contributed by atoms with van der Waals surface area (Å²) >= 11 is 0. The topological polar surface area (TPSA) is 29.5 Å². The number of carbonyl (C=O) groups excluding carboxylic acids is 1. The zero-order valence-corrected chi connectivity index (χ0v) is 11.6. The minimum Gasteiger partial charge on any atom is -0.367 e. The van der Waals surface area contributed by atoms with Crippen molar-refractivity contribution in [2.45, 2.75) is 53.4 Å². The summed E-state index contributed by atoms with van der Waals surface area (Å²) in [5.74, 6) is 0.815. The fraction of sp³-hybridized carbons (Fsp3) is 0.929. The first-order valence-electron chi connectivity index (χ1n) is 6.79. The summed E-state index contributed by atoms with van der Waals surface area (Å²) in [6.45, 7) is 9.88. The van der Waals surface area contributed by atoms with Gasteiger partial charge < -0.3 is 4.84 Å². The van der Waals surface area contributed by atoms with E-state index in [1.165, 1.54) is 12.8 Å². The molecule has 2 rings (SSSR count). The van der Waals surface area contributed by atoms with E-state index in [0.29, 0.717) is 5.41 Å². The number of nitrogens with zero attached hydrogens (tertiary/aromatic N) is 1. The van der Waals surface area contributed by atoms with Crippen LogP contribution in [0.3, 0.4) is 0 Å². The van der Waals surface area contributed by atoms with Crippen LogP contribution in [0.15, 0.2) is 0 Å². The first kappa shape index (κ1) is 12.9. The Morgan fingerprint density at radius 3 is 2.18 bits per heavy atom. The van der Waals surface area contributed by atoms with E-state index < -0.39 is 5.41 Å². The molecule has 98 valence electrons. The quantitative estimate of drug-likeness (QED) is 0.742. The lowest BCUT2D eigenvalue weighted by atomic mass is 9.76. The van der Waals surface area contributed by atoms with Crippen LogP contribution in [0.4, 0.5) is 0 Å². The average molecular weight is 239 g/mol. The fourth-order valence-corrected chi connectivity index (χ4v) is 2.53. The SMILES string of the molecule is CC(C)(C)C(=O)ON1CCC(C)(C2CC2)CC1. The maximum Gasteiger partial charge on any atom is 0.330 e. The molecule has 0 aromatic heterocycles. The van der Waals surface area contributed by atoms with Gasteiger partial charge in [-0.05, 0) is 57.8 Å². The van der Waals surface area contributed by atoms with Crippen LogP contribution < -0.4 is 0 Å². The second-order valence-electron chi connectivity index (χ2n) is 6.99. The Balaban J connectivity index is 1.81. The Labute approximate surface area is 104 Å². The molecule has 0 N–H and O–H groups in total. The second kappa shape index (κ2) is 4.27. The van der Waals surface area contributed by atoms with Crippen LogP contribution in [0.25, 0.3) is 0 Å². The largest absolute Gasteiger partial charge is 0.367 e. The molecule has 0 aromatic rings. The van der Waals surface area contributed by atoms with Crippen LogP contribution in [0.1, 0.15) is 53.4 Å². The van der Waals surface area contributed by atoms with Gasteiger partial charge in [0.25, 0.3) is 0 Å². The molecule has 0 unspecified atom stereocenters. The first-order chi connectivity index (χ1) is 7.81. The molecule has 1 aliphatic heterocycles. The van der Waals surface area contributed by atoms with Gasteiger partial charge in [-0.2, -0.15) is 0 Å². The van der Waals surface area contributed by atoms with Gasteiger partial charge in [-0.15, -0.1) is 5.06 Å². The maximum absolute atomic E-state index is 11.8. The van der Waals surface area contributed by atoms with Crippen LogP contribution >= 0.6 is 0 Å². The van der Waals surface area contributed by atoms with Crippen molar-refractivity contribution in [1.82, 2.24) is 5.06 Å². The van der Waals surface area contributed by atoms with E-state index in [0.717, 1.165) is 31.8 Å². The Morgan fingerprint density at radius 1 is 1.24 bits per heavy atom. The molecule has 1 heterocycles. The van der Waals surface area contributed by atoms with Crippen molar-refractivity contribution in [3.05, 3.63) is 0 Å². The van der Waals surface area contributed by atoms with E-state index in [4.69, 9.17) is 4.84 Å². The monoisotopic (exact) mass is 239 g/mol. The second-order valence-corrected chi connectivity index (χ2v) is 6.99. The van der Waals surface area contributed by atoms with Gasteiger partial charge >= 0.3 is 5.97 Å². The third-order valence-corrected chi connectivity index (χ3v) is 4.25. The highest BCUT2D eigenvalue weighted by atomic mass is 16.7. The molecule has 3 nitrogen and oxygen atoms in total. The van der Waals surface area contributed by atoms with Gasteiger partial charge in [-0.25, -0.2) is 4.79 Å². The van der Waals surface area contributed by atoms with Crippen molar-refractivity contribution < 1.29 is 9.63 Å². The number of hydroxylamine groups is 2. The van der Waals surface area contributed by atoms with E-state index in [2.05, 4.69) is 6.92 Å². The molecule has 0 radical (unpaired) electrons. The number of rotatable bonds is 2. The summed E-state index contributed by atoms with van der Waals surface area (Å²) in [5, 5.41) is 1.86. The molecular formula is C14H25NO2. The Bertz CT molecular complexity index is 294. The van der Waals surface area contributed by atoms with Crippen LogP contribution in [0, 0.1) is 16.7 Å². The molecule has 0 atom stereocenters. The highest BCUT2D eigenvalue weighted by Crippen LogP contribution is 2.51. The summed E-state index contributed by atoms with van der Waals surface area (Å²) in [6, 6.07) is 0. The predicted molar refractivity (Wildman–Crippen MR) is 67.2 cm³/mol. The predicted octanol–water partition coefficient (Wildman–Crippen LogP) is 3.00. The highest BCUT2D eigenvalue weighted by molar-refractivity contribution is 5.75. The van der Waals surface area contributed by atoms with Crippen LogP contribution in [0.2, 0.25) is 0 Å². The summed E-state index contributed by atoms with van der Waals surface area (Å²) in [7, 11) is 0. The molecule has 1 aliphatic carbocycles.